The number of hydrogen-bond donors (Lipinski definition) is 4. The highest BCUT2D eigenvalue weighted by Crippen LogP contribution is 2.60. The monoisotopic (exact) mass is 564 g/mol. The maximum atomic E-state index is 12.9. The molecule has 0 bridgehead atoms. The summed E-state index contributed by atoms with van der Waals surface area (Å²) in [5.74, 6) is -56.0. The van der Waals surface area contributed by atoms with Crippen LogP contribution in [0.2, 0.25) is 0 Å². The molecule has 0 unspecified atom stereocenters. The average molecular weight is 564 g/mol. The first-order valence-corrected chi connectivity index (χ1v) is 8.94. The Labute approximate surface area is 191 Å². The SMILES string of the molecule is O=C(O)C(F)(F)C(F)(F)C(F)(F)C(F)(F)C(F)(F)C(F)(F)C(=O)O.O=C(O)CCCCCCC(=O)O. The zero-order valence-corrected chi connectivity index (χ0v) is 17.2. The second-order valence-corrected chi connectivity index (χ2v) is 6.76. The standard InChI is InChI=1S/C8H2F12O4.C8H14O4/c9-3(10,1(21)22)5(13,14)7(17,18)8(19,20)6(15,16)4(11,12)2(23)24;9-7(10)5-3-1-2-4-6-8(11)12/h(H,21,22)(H,23,24);1-6H2,(H,9,10)(H,11,12). The minimum atomic E-state index is -8.11. The van der Waals surface area contributed by atoms with Gasteiger partial charge in [0.1, 0.15) is 0 Å². The van der Waals surface area contributed by atoms with Crippen LogP contribution in [0.15, 0.2) is 0 Å². The van der Waals surface area contributed by atoms with Gasteiger partial charge in [0.05, 0.1) is 0 Å². The molecule has 0 aliphatic rings. The lowest BCUT2D eigenvalue weighted by atomic mass is 9.91. The minimum absolute atomic E-state index is 0.188. The summed E-state index contributed by atoms with van der Waals surface area (Å²) in [5.41, 5.74) is 0. The molecule has 0 spiro atoms. The zero-order valence-electron chi connectivity index (χ0n) is 17.2. The van der Waals surface area contributed by atoms with Crippen molar-refractivity contribution in [3.05, 3.63) is 0 Å². The Kier molecular flexibility index (Phi) is 11.6. The fourth-order valence-corrected chi connectivity index (χ4v) is 1.96. The third kappa shape index (κ3) is 7.05. The smallest absolute Gasteiger partial charge is 0.410 e. The maximum Gasteiger partial charge on any atom is 0.410 e. The van der Waals surface area contributed by atoms with Crippen LogP contribution >= 0.6 is 0 Å². The summed E-state index contributed by atoms with van der Waals surface area (Å²) in [6.07, 6.45) is 3.28. The molecule has 0 rings (SSSR count). The molecule has 0 aliphatic carbocycles. The molecule has 0 aromatic rings. The highest BCUT2D eigenvalue weighted by atomic mass is 19.4. The number of rotatable bonds is 14. The van der Waals surface area contributed by atoms with Gasteiger partial charge in [0.25, 0.3) is 0 Å². The third-order valence-electron chi connectivity index (χ3n) is 4.04. The van der Waals surface area contributed by atoms with E-state index in [1.165, 1.54) is 0 Å². The molecule has 0 amide bonds. The molecule has 0 fully saturated rings. The van der Waals surface area contributed by atoms with E-state index in [4.69, 9.17) is 20.4 Å². The number of aliphatic carboxylic acids is 4. The summed E-state index contributed by atoms with van der Waals surface area (Å²) in [5, 5.41) is 31.8. The Hall–Kier alpha value is -2.96. The van der Waals surface area contributed by atoms with E-state index >= 15 is 0 Å². The lowest BCUT2D eigenvalue weighted by Gasteiger charge is -2.39. The first kappa shape index (κ1) is 35.2. The van der Waals surface area contributed by atoms with Gasteiger partial charge >= 0.3 is 59.4 Å². The number of carbonyl (C=O) groups is 4. The van der Waals surface area contributed by atoms with Gasteiger partial charge in [-0.05, 0) is 12.8 Å². The second kappa shape index (κ2) is 11.8. The molecule has 212 valence electrons. The summed E-state index contributed by atoms with van der Waals surface area (Å²) in [6.45, 7) is 0. The van der Waals surface area contributed by atoms with Crippen molar-refractivity contribution >= 4 is 23.9 Å². The number of carboxylic acids is 4. The molecule has 0 heterocycles. The second-order valence-electron chi connectivity index (χ2n) is 6.76. The average Bonchev–Trinajstić information content (AvgIpc) is 2.69. The molecule has 0 atom stereocenters. The molecule has 0 saturated carbocycles. The Morgan fingerprint density at radius 2 is 0.639 bits per heavy atom. The number of unbranched alkanes of at least 4 members (excludes halogenated alkanes) is 3. The van der Waals surface area contributed by atoms with Gasteiger partial charge in [-0.1, -0.05) is 12.8 Å². The number of carboxylic acid groups (broad SMARTS) is 4. The fraction of sp³-hybridized carbons (Fsp3) is 0.750. The van der Waals surface area contributed by atoms with Crippen molar-refractivity contribution in [1.29, 1.82) is 0 Å². The molecule has 20 heteroatoms. The Balaban J connectivity index is 0. The van der Waals surface area contributed by atoms with Crippen LogP contribution in [0.4, 0.5) is 52.7 Å². The van der Waals surface area contributed by atoms with E-state index in [0.29, 0.717) is 12.8 Å². The van der Waals surface area contributed by atoms with E-state index in [2.05, 4.69) is 0 Å². The summed E-state index contributed by atoms with van der Waals surface area (Å²) < 4.78 is 152. The van der Waals surface area contributed by atoms with Gasteiger partial charge in [-0.2, -0.15) is 52.7 Å². The van der Waals surface area contributed by atoms with Crippen molar-refractivity contribution in [2.45, 2.75) is 74.1 Å². The van der Waals surface area contributed by atoms with Crippen molar-refractivity contribution < 1.29 is 92.3 Å². The predicted octanol–water partition coefficient (Wildman–Crippen LogP) is 4.46. The van der Waals surface area contributed by atoms with Crippen molar-refractivity contribution in [2.24, 2.45) is 0 Å². The van der Waals surface area contributed by atoms with E-state index in [1.54, 1.807) is 0 Å². The van der Waals surface area contributed by atoms with Crippen LogP contribution in [0.25, 0.3) is 0 Å². The van der Waals surface area contributed by atoms with Crippen LogP contribution in [0, 0.1) is 0 Å². The lowest BCUT2D eigenvalue weighted by Crippen LogP contribution is -2.72. The van der Waals surface area contributed by atoms with Crippen molar-refractivity contribution in [3.8, 4) is 0 Å². The van der Waals surface area contributed by atoms with E-state index in [-0.39, 0.29) is 12.8 Å². The fourth-order valence-electron chi connectivity index (χ4n) is 1.96. The van der Waals surface area contributed by atoms with E-state index in [1.807, 2.05) is 0 Å². The first-order valence-electron chi connectivity index (χ1n) is 8.94. The van der Waals surface area contributed by atoms with Crippen LogP contribution in [-0.2, 0) is 19.2 Å². The summed E-state index contributed by atoms with van der Waals surface area (Å²) >= 11 is 0. The molecule has 0 aliphatic heterocycles. The number of alkyl halides is 12. The van der Waals surface area contributed by atoms with Crippen molar-refractivity contribution in [2.75, 3.05) is 0 Å². The largest absolute Gasteiger partial charge is 0.481 e. The number of hydrogen-bond acceptors (Lipinski definition) is 4. The molecular formula is C16H16F12O8. The molecule has 8 nitrogen and oxygen atoms in total. The molecule has 0 saturated heterocycles. The lowest BCUT2D eigenvalue weighted by molar-refractivity contribution is -0.417. The van der Waals surface area contributed by atoms with Gasteiger partial charge in [0.15, 0.2) is 0 Å². The van der Waals surface area contributed by atoms with Gasteiger partial charge in [-0.15, -0.1) is 0 Å². The van der Waals surface area contributed by atoms with Gasteiger partial charge < -0.3 is 20.4 Å². The van der Waals surface area contributed by atoms with Crippen LogP contribution in [0.3, 0.4) is 0 Å². The first-order chi connectivity index (χ1) is 15.8. The molecule has 0 aromatic carbocycles. The van der Waals surface area contributed by atoms with Gasteiger partial charge in [-0.3, -0.25) is 9.59 Å². The Bertz CT molecular complexity index is 747. The van der Waals surface area contributed by atoms with E-state index < -0.39 is 59.4 Å². The van der Waals surface area contributed by atoms with E-state index in [9.17, 15) is 71.9 Å². The predicted molar refractivity (Wildman–Crippen MR) is 87.9 cm³/mol. The molecule has 0 radical (unpaired) electrons. The zero-order chi connectivity index (χ0) is 29.6. The highest BCUT2D eigenvalue weighted by molar-refractivity contribution is 5.78. The summed E-state index contributed by atoms with van der Waals surface area (Å²) in [7, 11) is 0. The molecule has 4 N–H and O–H groups in total. The summed E-state index contributed by atoms with van der Waals surface area (Å²) in [4.78, 5) is 39.6. The Morgan fingerprint density at radius 1 is 0.417 bits per heavy atom. The van der Waals surface area contributed by atoms with Crippen LogP contribution < -0.4 is 0 Å². The van der Waals surface area contributed by atoms with Crippen molar-refractivity contribution in [1.82, 2.24) is 0 Å². The normalized spacial score (nSPS) is 13.4. The number of halogens is 12. The van der Waals surface area contributed by atoms with Crippen LogP contribution in [-0.4, -0.2) is 79.8 Å². The highest BCUT2D eigenvalue weighted by Gasteiger charge is 2.92. The maximum absolute atomic E-state index is 12.9. The third-order valence-corrected chi connectivity index (χ3v) is 4.04. The summed E-state index contributed by atoms with van der Waals surface area (Å²) in [6, 6.07) is 0. The Morgan fingerprint density at radius 3 is 0.806 bits per heavy atom. The van der Waals surface area contributed by atoms with Crippen LogP contribution in [0.5, 0.6) is 0 Å². The van der Waals surface area contributed by atoms with E-state index in [0.717, 1.165) is 12.8 Å². The van der Waals surface area contributed by atoms with Gasteiger partial charge in [0, 0.05) is 12.8 Å². The quantitative estimate of drug-likeness (QED) is 0.179. The van der Waals surface area contributed by atoms with Gasteiger partial charge in [0.2, 0.25) is 0 Å². The van der Waals surface area contributed by atoms with Crippen LogP contribution in [0.1, 0.15) is 38.5 Å². The minimum Gasteiger partial charge on any atom is -0.481 e. The molecular weight excluding hydrogens is 548 g/mol. The topological polar surface area (TPSA) is 149 Å². The van der Waals surface area contributed by atoms with Gasteiger partial charge in [-0.25, -0.2) is 9.59 Å². The van der Waals surface area contributed by atoms with Crippen molar-refractivity contribution in [3.63, 3.8) is 0 Å². The molecule has 0 aromatic heterocycles. The molecule has 36 heavy (non-hydrogen) atoms.